The Labute approximate surface area is 183 Å². The second-order valence-electron chi connectivity index (χ2n) is 7.13. The van der Waals surface area contributed by atoms with Crippen molar-refractivity contribution in [3.8, 4) is 0 Å². The van der Waals surface area contributed by atoms with Crippen molar-refractivity contribution in [1.29, 1.82) is 0 Å². The summed E-state index contributed by atoms with van der Waals surface area (Å²) in [6, 6.07) is 15.9. The summed E-state index contributed by atoms with van der Waals surface area (Å²) >= 11 is 0.883. The minimum atomic E-state index is -1.17. The van der Waals surface area contributed by atoms with Crippen LogP contribution >= 0.6 is 11.3 Å². The maximum atomic E-state index is 13.2. The highest BCUT2D eigenvalue weighted by Crippen LogP contribution is 2.34. The number of carboxylic acids is 1. The van der Waals surface area contributed by atoms with Crippen molar-refractivity contribution >= 4 is 39.4 Å². The summed E-state index contributed by atoms with van der Waals surface area (Å²) in [5.41, 5.74) is 0.786. The van der Waals surface area contributed by atoms with Crippen LogP contribution in [-0.4, -0.2) is 38.1 Å². The zero-order valence-electron chi connectivity index (χ0n) is 16.4. The number of carbonyl (C=O) groups is 2. The molecule has 10 heteroatoms. The van der Waals surface area contributed by atoms with Crippen molar-refractivity contribution in [2.45, 2.75) is 6.42 Å². The lowest BCUT2D eigenvalue weighted by atomic mass is 10.1. The molecule has 0 saturated carbocycles. The van der Waals surface area contributed by atoms with Crippen LogP contribution in [0.1, 0.15) is 16.8 Å². The van der Waals surface area contributed by atoms with Gasteiger partial charge in [-0.25, -0.2) is 0 Å². The van der Waals surface area contributed by atoms with Gasteiger partial charge in [0, 0.05) is 12.0 Å². The SMILES string of the molecule is O=C(O)CN1C(=O)C(=c2sc3nc(=O)c(Cc4ccccc4)nn3c2=O)c2ccccc21. The van der Waals surface area contributed by atoms with Crippen LogP contribution in [0.25, 0.3) is 10.5 Å². The number of carbonyl (C=O) groups excluding carboxylic acids is 1. The summed E-state index contributed by atoms with van der Waals surface area (Å²) < 4.78 is 1.09. The fraction of sp³-hybridized carbons (Fsp3) is 0.0909. The molecule has 1 amide bonds. The Balaban J connectivity index is 1.72. The number of nitrogens with zero attached hydrogens (tertiary/aromatic N) is 4. The van der Waals surface area contributed by atoms with Gasteiger partial charge in [-0.3, -0.25) is 24.1 Å². The van der Waals surface area contributed by atoms with Crippen molar-refractivity contribution in [3.05, 3.63) is 96.7 Å². The number of aliphatic carboxylic acids is 1. The van der Waals surface area contributed by atoms with Crippen molar-refractivity contribution in [2.24, 2.45) is 0 Å². The van der Waals surface area contributed by atoms with E-state index in [9.17, 15) is 24.3 Å². The topological polar surface area (TPSA) is 122 Å². The van der Waals surface area contributed by atoms with Gasteiger partial charge in [0.25, 0.3) is 17.0 Å². The molecule has 2 aromatic carbocycles. The molecule has 0 atom stereocenters. The fourth-order valence-corrected chi connectivity index (χ4v) is 4.68. The smallest absolute Gasteiger partial charge is 0.323 e. The lowest BCUT2D eigenvalue weighted by molar-refractivity contribution is -0.136. The normalized spacial score (nSPS) is 14.8. The third-order valence-electron chi connectivity index (χ3n) is 5.08. The Morgan fingerprint density at radius 2 is 1.72 bits per heavy atom. The van der Waals surface area contributed by atoms with Crippen LogP contribution in [-0.2, 0) is 16.0 Å². The molecule has 1 aliphatic rings. The Kier molecular flexibility index (Phi) is 4.63. The zero-order valence-corrected chi connectivity index (χ0v) is 17.2. The van der Waals surface area contributed by atoms with Gasteiger partial charge in [0.2, 0.25) is 4.96 Å². The molecule has 0 aliphatic carbocycles. The van der Waals surface area contributed by atoms with Gasteiger partial charge in [0.1, 0.15) is 16.8 Å². The number of aromatic nitrogens is 3. The van der Waals surface area contributed by atoms with Gasteiger partial charge in [0.05, 0.1) is 11.3 Å². The number of rotatable bonds is 4. The predicted molar refractivity (Wildman–Crippen MR) is 117 cm³/mol. The average Bonchev–Trinajstić information content (AvgIpc) is 3.22. The van der Waals surface area contributed by atoms with Crippen molar-refractivity contribution in [2.75, 3.05) is 11.4 Å². The summed E-state index contributed by atoms with van der Waals surface area (Å²) in [6.07, 6.45) is 0.213. The summed E-state index contributed by atoms with van der Waals surface area (Å²) in [4.78, 5) is 55.2. The van der Waals surface area contributed by atoms with E-state index in [1.807, 2.05) is 30.3 Å². The van der Waals surface area contributed by atoms with Crippen molar-refractivity contribution < 1.29 is 14.7 Å². The van der Waals surface area contributed by atoms with Crippen LogP contribution in [0, 0.1) is 0 Å². The van der Waals surface area contributed by atoms with E-state index >= 15 is 0 Å². The lowest BCUT2D eigenvalue weighted by Gasteiger charge is -2.13. The Morgan fingerprint density at radius 1 is 1.00 bits per heavy atom. The fourth-order valence-electron chi connectivity index (χ4n) is 3.68. The highest BCUT2D eigenvalue weighted by Gasteiger charge is 2.35. The van der Waals surface area contributed by atoms with Gasteiger partial charge < -0.3 is 5.11 Å². The average molecular weight is 446 g/mol. The second-order valence-corrected chi connectivity index (χ2v) is 8.11. The minimum absolute atomic E-state index is 0.0617. The molecular formula is C22H14N4O5S. The molecule has 0 unspecified atom stereocenters. The maximum absolute atomic E-state index is 13.2. The van der Waals surface area contributed by atoms with E-state index in [-0.39, 0.29) is 27.2 Å². The number of carboxylic acid groups (broad SMARTS) is 1. The van der Waals surface area contributed by atoms with Gasteiger partial charge in [-0.1, -0.05) is 59.9 Å². The Hall–Kier alpha value is -4.18. The summed E-state index contributed by atoms with van der Waals surface area (Å²) in [6.45, 7) is -0.534. The third-order valence-corrected chi connectivity index (χ3v) is 6.11. The molecule has 1 aliphatic heterocycles. The molecular weight excluding hydrogens is 432 g/mol. The van der Waals surface area contributed by atoms with Gasteiger partial charge >= 0.3 is 5.97 Å². The molecule has 0 fully saturated rings. The van der Waals surface area contributed by atoms with E-state index in [4.69, 9.17) is 0 Å². The van der Waals surface area contributed by atoms with Gasteiger partial charge in [-0.2, -0.15) is 14.6 Å². The van der Waals surface area contributed by atoms with E-state index in [1.165, 1.54) is 0 Å². The highest BCUT2D eigenvalue weighted by atomic mass is 32.1. The van der Waals surface area contributed by atoms with E-state index in [2.05, 4.69) is 10.1 Å². The summed E-state index contributed by atoms with van der Waals surface area (Å²) in [5.74, 6) is -1.77. The van der Waals surface area contributed by atoms with Crippen LogP contribution in [0.4, 0.5) is 5.69 Å². The van der Waals surface area contributed by atoms with Crippen LogP contribution in [0.5, 0.6) is 0 Å². The molecule has 9 nitrogen and oxygen atoms in total. The van der Waals surface area contributed by atoms with Gasteiger partial charge in [-0.05, 0) is 11.6 Å². The first-order valence-corrected chi connectivity index (χ1v) is 10.4. The lowest BCUT2D eigenvalue weighted by Crippen LogP contribution is -2.35. The van der Waals surface area contributed by atoms with Crippen LogP contribution < -0.4 is 20.6 Å². The predicted octanol–water partition coefficient (Wildman–Crippen LogP) is 0.451. The summed E-state index contributed by atoms with van der Waals surface area (Å²) in [5, 5.41) is 13.4. The molecule has 158 valence electrons. The number of fused-ring (bicyclic) bond motifs is 2. The second kappa shape index (κ2) is 7.50. The molecule has 2 aromatic heterocycles. The first kappa shape index (κ1) is 19.8. The number of thiazole rings is 1. The number of amides is 1. The minimum Gasteiger partial charge on any atom is -0.480 e. The number of anilines is 1. The molecule has 0 saturated heterocycles. The first-order valence-electron chi connectivity index (χ1n) is 9.58. The van der Waals surface area contributed by atoms with Crippen molar-refractivity contribution in [1.82, 2.24) is 14.6 Å². The largest absolute Gasteiger partial charge is 0.480 e. The van der Waals surface area contributed by atoms with E-state index in [1.54, 1.807) is 24.3 Å². The van der Waals surface area contributed by atoms with Gasteiger partial charge in [0.15, 0.2) is 0 Å². The monoisotopic (exact) mass is 446 g/mol. The number of para-hydroxylation sites is 1. The Bertz CT molecular complexity index is 1580. The molecule has 32 heavy (non-hydrogen) atoms. The molecule has 1 N–H and O–H groups in total. The van der Waals surface area contributed by atoms with Crippen LogP contribution in [0.3, 0.4) is 0 Å². The van der Waals surface area contributed by atoms with Crippen molar-refractivity contribution in [3.63, 3.8) is 0 Å². The van der Waals surface area contributed by atoms with E-state index in [0.29, 0.717) is 11.3 Å². The van der Waals surface area contributed by atoms with E-state index in [0.717, 1.165) is 26.3 Å². The maximum Gasteiger partial charge on any atom is 0.323 e. The molecule has 4 aromatic rings. The molecule has 0 bridgehead atoms. The zero-order chi connectivity index (χ0) is 22.4. The Morgan fingerprint density at radius 3 is 2.47 bits per heavy atom. The number of hydrogen-bond donors (Lipinski definition) is 1. The summed E-state index contributed by atoms with van der Waals surface area (Å²) in [7, 11) is 0. The number of benzene rings is 2. The molecule has 5 rings (SSSR count). The molecule has 3 heterocycles. The van der Waals surface area contributed by atoms with Crippen LogP contribution in [0.2, 0.25) is 0 Å². The first-order chi connectivity index (χ1) is 15.4. The third kappa shape index (κ3) is 3.17. The highest BCUT2D eigenvalue weighted by molar-refractivity contribution is 7.15. The number of hydrogen-bond acceptors (Lipinski definition) is 7. The van der Waals surface area contributed by atoms with E-state index < -0.39 is 29.5 Å². The molecule has 0 radical (unpaired) electrons. The standard InChI is InChI=1S/C22H14N4O5S/c27-16(28)11-25-15-9-5-4-8-13(15)17(20(25)30)18-21(31)26-22(32-18)23-19(29)14(24-26)10-12-6-2-1-3-7-12/h1-9H,10-11H2,(H,27,28). The quantitative estimate of drug-likeness (QED) is 0.483. The molecule has 0 spiro atoms. The van der Waals surface area contributed by atoms with Crippen LogP contribution in [0.15, 0.2) is 64.2 Å². The van der Waals surface area contributed by atoms with Gasteiger partial charge in [-0.15, -0.1) is 0 Å².